The molecule has 3 N–H and O–H groups in total. The molecule has 0 aliphatic rings. The van der Waals surface area contributed by atoms with Crippen molar-refractivity contribution in [3.8, 4) is 0 Å². The Hall–Kier alpha value is -2.96. The number of allylic oxidation sites excluding steroid dienone is 14. The van der Waals surface area contributed by atoms with Crippen LogP contribution >= 0.6 is 0 Å². The van der Waals surface area contributed by atoms with Gasteiger partial charge in [0.05, 0.1) is 25.2 Å². The van der Waals surface area contributed by atoms with Gasteiger partial charge in [-0.05, 0) is 103 Å². The van der Waals surface area contributed by atoms with Crippen LogP contribution in [0.15, 0.2) is 85.1 Å². The van der Waals surface area contributed by atoms with Crippen molar-refractivity contribution in [1.82, 2.24) is 5.32 Å². The van der Waals surface area contributed by atoms with E-state index in [1.807, 2.05) is 0 Å². The van der Waals surface area contributed by atoms with E-state index in [-0.39, 0.29) is 24.9 Å². The number of rotatable bonds is 47. The van der Waals surface area contributed by atoms with E-state index in [4.69, 9.17) is 4.74 Å². The Morgan fingerprint density at radius 1 is 0.469 bits per heavy atom. The zero-order valence-electron chi connectivity index (χ0n) is 41.9. The third kappa shape index (κ3) is 45.6. The summed E-state index contributed by atoms with van der Waals surface area (Å²) in [5.74, 6) is -0.551. The standard InChI is InChI=1S/C58H101NO5/c1-4-7-10-13-16-19-22-25-28-30-33-36-39-42-45-48-51-58(63)64-54(49-46-43-40-37-34-31-29-26-23-20-17-14-11-8-5-2)52-57(62)59-55(53-60)56(61)50-47-44-41-38-35-32-27-24-21-18-15-12-9-6-3/h7,10,16-17,19-20,25-26,28-29,33-34,36-37,54-56,60-61H,4-6,8-9,11-15,18,21-24,27,30-32,35,38-53H2,1-3H3,(H,59,62)/b10-7+,19-16+,20-17-,28-25+,29-26-,36-33+,37-34-. The van der Waals surface area contributed by atoms with Gasteiger partial charge in [0.1, 0.15) is 6.10 Å². The largest absolute Gasteiger partial charge is 0.462 e. The monoisotopic (exact) mass is 892 g/mol. The molecule has 64 heavy (non-hydrogen) atoms. The van der Waals surface area contributed by atoms with Crippen LogP contribution in [-0.2, 0) is 14.3 Å². The van der Waals surface area contributed by atoms with Crippen molar-refractivity contribution in [2.45, 2.75) is 264 Å². The maximum Gasteiger partial charge on any atom is 0.306 e. The van der Waals surface area contributed by atoms with E-state index in [9.17, 15) is 19.8 Å². The first-order valence-electron chi connectivity index (χ1n) is 26.8. The average Bonchev–Trinajstić information content (AvgIpc) is 3.29. The van der Waals surface area contributed by atoms with Crippen molar-refractivity contribution in [3.05, 3.63) is 85.1 Å². The molecule has 0 bridgehead atoms. The van der Waals surface area contributed by atoms with Crippen molar-refractivity contribution in [1.29, 1.82) is 0 Å². The summed E-state index contributed by atoms with van der Waals surface area (Å²) >= 11 is 0. The fraction of sp³-hybridized carbons (Fsp3) is 0.724. The summed E-state index contributed by atoms with van der Waals surface area (Å²) in [6.07, 6.45) is 66.4. The molecule has 0 saturated carbocycles. The smallest absolute Gasteiger partial charge is 0.306 e. The molecule has 0 aliphatic carbocycles. The van der Waals surface area contributed by atoms with Gasteiger partial charge >= 0.3 is 5.97 Å². The number of aliphatic hydroxyl groups excluding tert-OH is 2. The first-order chi connectivity index (χ1) is 31.5. The van der Waals surface area contributed by atoms with E-state index < -0.39 is 18.2 Å². The number of amides is 1. The van der Waals surface area contributed by atoms with Gasteiger partial charge in [-0.15, -0.1) is 0 Å². The third-order valence-corrected chi connectivity index (χ3v) is 11.7. The lowest BCUT2D eigenvalue weighted by Gasteiger charge is -2.24. The minimum atomic E-state index is -0.808. The predicted molar refractivity (Wildman–Crippen MR) is 278 cm³/mol. The number of nitrogens with one attached hydrogen (secondary N) is 1. The molecule has 0 aromatic heterocycles. The summed E-state index contributed by atoms with van der Waals surface area (Å²) < 4.78 is 5.91. The van der Waals surface area contributed by atoms with E-state index in [2.05, 4.69) is 111 Å². The molecule has 0 saturated heterocycles. The molecule has 6 nitrogen and oxygen atoms in total. The van der Waals surface area contributed by atoms with Gasteiger partial charge in [-0.2, -0.15) is 0 Å². The summed E-state index contributed by atoms with van der Waals surface area (Å²) in [7, 11) is 0. The number of hydrogen-bond acceptors (Lipinski definition) is 5. The molecule has 368 valence electrons. The highest BCUT2D eigenvalue weighted by Crippen LogP contribution is 2.17. The Morgan fingerprint density at radius 3 is 1.31 bits per heavy atom. The predicted octanol–water partition coefficient (Wildman–Crippen LogP) is 16.3. The maximum atomic E-state index is 13.2. The Morgan fingerprint density at radius 2 is 0.844 bits per heavy atom. The fourth-order valence-corrected chi connectivity index (χ4v) is 7.66. The van der Waals surface area contributed by atoms with E-state index in [0.717, 1.165) is 103 Å². The normalized spacial score (nSPS) is 13.9. The Bertz CT molecular complexity index is 1230. The number of ether oxygens (including phenoxy) is 1. The molecule has 0 spiro atoms. The van der Waals surface area contributed by atoms with Crippen molar-refractivity contribution < 1.29 is 24.5 Å². The van der Waals surface area contributed by atoms with Gasteiger partial charge in [0.15, 0.2) is 0 Å². The third-order valence-electron chi connectivity index (χ3n) is 11.7. The quantitative estimate of drug-likeness (QED) is 0.0321. The zero-order valence-corrected chi connectivity index (χ0v) is 41.9. The van der Waals surface area contributed by atoms with Crippen LogP contribution in [0.5, 0.6) is 0 Å². The zero-order chi connectivity index (χ0) is 46.7. The number of hydrogen-bond donors (Lipinski definition) is 3. The number of carbonyl (C=O) groups is 2. The Kier molecular flexibility index (Phi) is 48.7. The molecule has 0 aromatic rings. The van der Waals surface area contributed by atoms with Crippen LogP contribution in [0.1, 0.15) is 245 Å². The van der Waals surface area contributed by atoms with Gasteiger partial charge in [0, 0.05) is 6.42 Å². The molecule has 6 heteroatoms. The topological polar surface area (TPSA) is 95.9 Å². The second-order valence-corrected chi connectivity index (χ2v) is 17.9. The van der Waals surface area contributed by atoms with Crippen molar-refractivity contribution >= 4 is 11.9 Å². The second-order valence-electron chi connectivity index (χ2n) is 17.9. The second kappa shape index (κ2) is 51.0. The van der Waals surface area contributed by atoms with Gasteiger partial charge in [0.25, 0.3) is 0 Å². The lowest BCUT2D eigenvalue weighted by molar-refractivity contribution is -0.151. The van der Waals surface area contributed by atoms with Crippen LogP contribution in [0.2, 0.25) is 0 Å². The van der Waals surface area contributed by atoms with E-state index in [0.29, 0.717) is 19.3 Å². The Labute approximate surface area is 395 Å². The summed E-state index contributed by atoms with van der Waals surface area (Å²) in [6.45, 7) is 6.33. The van der Waals surface area contributed by atoms with Crippen LogP contribution in [0.4, 0.5) is 0 Å². The molecular weight excluding hydrogens is 791 g/mol. The first-order valence-corrected chi connectivity index (χ1v) is 26.8. The molecule has 3 unspecified atom stereocenters. The van der Waals surface area contributed by atoms with E-state index in [1.54, 1.807) is 0 Å². The number of carbonyl (C=O) groups excluding carboxylic acids is 2. The molecule has 0 radical (unpaired) electrons. The van der Waals surface area contributed by atoms with Gasteiger partial charge in [-0.1, -0.05) is 215 Å². The fourth-order valence-electron chi connectivity index (χ4n) is 7.66. The van der Waals surface area contributed by atoms with Crippen molar-refractivity contribution in [2.24, 2.45) is 0 Å². The molecule has 0 aromatic carbocycles. The lowest BCUT2D eigenvalue weighted by Crippen LogP contribution is -2.46. The molecule has 0 heterocycles. The van der Waals surface area contributed by atoms with E-state index in [1.165, 1.54) is 96.3 Å². The van der Waals surface area contributed by atoms with Crippen LogP contribution in [0.3, 0.4) is 0 Å². The highest BCUT2D eigenvalue weighted by Gasteiger charge is 2.24. The molecule has 0 rings (SSSR count). The van der Waals surface area contributed by atoms with Crippen LogP contribution in [0.25, 0.3) is 0 Å². The van der Waals surface area contributed by atoms with Gasteiger partial charge in [-0.3, -0.25) is 9.59 Å². The minimum Gasteiger partial charge on any atom is -0.462 e. The molecule has 3 atom stereocenters. The number of aliphatic hydroxyl groups is 2. The molecular formula is C58H101NO5. The average molecular weight is 892 g/mol. The summed E-state index contributed by atoms with van der Waals surface area (Å²) in [5.41, 5.74) is 0. The minimum absolute atomic E-state index is 0.0351. The number of unbranched alkanes of at least 4 members (excludes halogenated alkanes) is 21. The highest BCUT2D eigenvalue weighted by atomic mass is 16.5. The summed E-state index contributed by atoms with van der Waals surface area (Å²) in [4.78, 5) is 26.2. The summed E-state index contributed by atoms with van der Waals surface area (Å²) in [6, 6.07) is -0.725. The van der Waals surface area contributed by atoms with E-state index >= 15 is 0 Å². The molecule has 1 amide bonds. The van der Waals surface area contributed by atoms with Gasteiger partial charge in [0.2, 0.25) is 5.91 Å². The van der Waals surface area contributed by atoms with Crippen LogP contribution < -0.4 is 5.32 Å². The number of esters is 1. The maximum absolute atomic E-state index is 13.2. The molecule has 0 aliphatic heterocycles. The highest BCUT2D eigenvalue weighted by molar-refractivity contribution is 5.77. The first kappa shape index (κ1) is 61.0. The summed E-state index contributed by atoms with van der Waals surface area (Å²) in [5, 5.41) is 23.8. The van der Waals surface area contributed by atoms with Crippen LogP contribution in [0, 0.1) is 0 Å². The lowest BCUT2D eigenvalue weighted by atomic mass is 10.0. The van der Waals surface area contributed by atoms with Crippen molar-refractivity contribution in [2.75, 3.05) is 6.61 Å². The van der Waals surface area contributed by atoms with Gasteiger partial charge in [-0.25, -0.2) is 0 Å². The van der Waals surface area contributed by atoms with Gasteiger partial charge < -0.3 is 20.3 Å². The van der Waals surface area contributed by atoms with Crippen LogP contribution in [-0.4, -0.2) is 46.9 Å². The Balaban J connectivity index is 4.71. The molecule has 0 fully saturated rings. The SMILES string of the molecule is CC/C=C/C/C=C/C/C=C/C/C=C/CCCCCC(=O)OC(CCCC/C=C\C/C=C\C/C=C\CCCCC)CC(=O)NC(CO)C(O)CCCCCCCCCCCCCCCC. The van der Waals surface area contributed by atoms with Crippen molar-refractivity contribution in [3.63, 3.8) is 0 Å².